The van der Waals surface area contributed by atoms with Gasteiger partial charge in [-0.3, -0.25) is 4.68 Å². The molecule has 1 fully saturated rings. The Morgan fingerprint density at radius 2 is 1.89 bits per heavy atom. The second-order valence-corrected chi connectivity index (χ2v) is 6.26. The molecule has 1 saturated heterocycles. The van der Waals surface area contributed by atoms with Gasteiger partial charge in [0.15, 0.2) is 0 Å². The third-order valence-corrected chi connectivity index (χ3v) is 3.95. The van der Waals surface area contributed by atoms with Crippen LogP contribution in [0.5, 0.6) is 0 Å². The van der Waals surface area contributed by atoms with Crippen LogP contribution in [0, 0.1) is 0 Å². The average Bonchev–Trinajstić information content (AvgIpc) is 2.79. The number of aromatic nitrogens is 2. The van der Waals surface area contributed by atoms with Crippen molar-refractivity contribution < 1.29 is 14.4 Å². The lowest BCUT2D eigenvalue weighted by Crippen LogP contribution is -2.41. The summed E-state index contributed by atoms with van der Waals surface area (Å²) in [5.74, 6) is 0. The summed E-state index contributed by atoms with van der Waals surface area (Å²) in [4.78, 5) is 0. The molecule has 1 aromatic heterocycles. The topological polar surface area (TPSA) is 56.5 Å². The summed E-state index contributed by atoms with van der Waals surface area (Å²) in [7, 11) is -0.370. The monoisotopic (exact) mass is 266 g/mol. The molecule has 1 atom stereocenters. The molecule has 5 nitrogen and oxygen atoms in total. The molecule has 0 aromatic carbocycles. The summed E-state index contributed by atoms with van der Waals surface area (Å²) in [5, 5.41) is 13.6. The second-order valence-electron chi connectivity index (χ2n) is 6.26. The molecule has 1 aromatic rings. The quantitative estimate of drug-likeness (QED) is 0.824. The van der Waals surface area contributed by atoms with Crippen LogP contribution < -0.4 is 5.46 Å². The molecule has 106 valence electrons. The molecule has 0 amide bonds. The maximum atomic E-state index is 9.28. The molecule has 1 aliphatic heterocycles. The molecular weight excluding hydrogens is 243 g/mol. The van der Waals surface area contributed by atoms with Crippen LogP contribution in [-0.4, -0.2) is 39.3 Å². The van der Waals surface area contributed by atoms with Gasteiger partial charge in [-0.15, -0.1) is 0 Å². The van der Waals surface area contributed by atoms with Crippen LogP contribution in [0.3, 0.4) is 0 Å². The van der Waals surface area contributed by atoms with E-state index in [1.807, 2.05) is 38.6 Å². The lowest BCUT2D eigenvalue weighted by atomic mass is 9.82. The van der Waals surface area contributed by atoms with Crippen LogP contribution in [-0.2, 0) is 15.9 Å². The number of aryl methyl sites for hydroxylation is 1. The Hall–Kier alpha value is -0.845. The summed E-state index contributed by atoms with van der Waals surface area (Å²) in [6.45, 7) is 10.6. The van der Waals surface area contributed by atoms with Gasteiger partial charge in [-0.1, -0.05) is 0 Å². The lowest BCUT2D eigenvalue weighted by Gasteiger charge is -2.32. The van der Waals surface area contributed by atoms with Crippen molar-refractivity contribution >= 4 is 12.6 Å². The van der Waals surface area contributed by atoms with Gasteiger partial charge < -0.3 is 14.4 Å². The fraction of sp³-hybridized carbons (Fsp3) is 0.769. The van der Waals surface area contributed by atoms with Crippen LogP contribution in [0.4, 0.5) is 0 Å². The van der Waals surface area contributed by atoms with Gasteiger partial charge in [0.1, 0.15) is 0 Å². The van der Waals surface area contributed by atoms with E-state index in [0.717, 1.165) is 5.46 Å². The van der Waals surface area contributed by atoms with E-state index >= 15 is 0 Å². The van der Waals surface area contributed by atoms with E-state index in [0.29, 0.717) is 13.0 Å². The smallest absolute Gasteiger partial charge is 0.399 e. The number of nitrogens with zero attached hydrogens (tertiary/aromatic N) is 2. The number of aliphatic hydroxyl groups is 1. The lowest BCUT2D eigenvalue weighted by molar-refractivity contribution is 0.00578. The summed E-state index contributed by atoms with van der Waals surface area (Å²) >= 11 is 0. The summed E-state index contributed by atoms with van der Waals surface area (Å²) in [5.41, 5.74) is 0.253. The zero-order valence-corrected chi connectivity index (χ0v) is 12.4. The predicted octanol–water partition coefficient (Wildman–Crippen LogP) is 0.953. The molecule has 0 aliphatic carbocycles. The fourth-order valence-electron chi connectivity index (χ4n) is 1.92. The van der Waals surface area contributed by atoms with E-state index in [1.165, 1.54) is 0 Å². The minimum absolute atomic E-state index is 0.315. The molecule has 2 heterocycles. The number of aliphatic hydroxyl groups excluding tert-OH is 1. The SMILES string of the molecule is C[C@H](O)CCn1cc(B2OC(C)(C)C(C)(C)O2)cn1. The summed E-state index contributed by atoms with van der Waals surface area (Å²) in [6, 6.07) is 0. The van der Waals surface area contributed by atoms with E-state index < -0.39 is 0 Å². The van der Waals surface area contributed by atoms with Gasteiger partial charge in [-0.25, -0.2) is 0 Å². The minimum Gasteiger partial charge on any atom is -0.399 e. The Morgan fingerprint density at radius 1 is 1.32 bits per heavy atom. The van der Waals surface area contributed by atoms with Crippen molar-refractivity contribution in [3.63, 3.8) is 0 Å². The first kappa shape index (κ1) is 14.6. The Labute approximate surface area is 115 Å². The van der Waals surface area contributed by atoms with Crippen molar-refractivity contribution in [2.45, 2.75) is 64.9 Å². The largest absolute Gasteiger partial charge is 0.498 e. The number of hydrogen-bond donors (Lipinski definition) is 1. The molecule has 6 heteroatoms. The third-order valence-electron chi connectivity index (χ3n) is 3.95. The van der Waals surface area contributed by atoms with E-state index in [-0.39, 0.29) is 24.4 Å². The van der Waals surface area contributed by atoms with Crippen LogP contribution in [0.1, 0.15) is 41.0 Å². The molecular formula is C13H23BN2O3. The van der Waals surface area contributed by atoms with Crippen molar-refractivity contribution in [3.8, 4) is 0 Å². The van der Waals surface area contributed by atoms with Crippen molar-refractivity contribution in [1.82, 2.24) is 9.78 Å². The summed E-state index contributed by atoms with van der Waals surface area (Å²) in [6.07, 6.45) is 4.06. The highest BCUT2D eigenvalue weighted by Gasteiger charge is 2.52. The van der Waals surface area contributed by atoms with Crippen molar-refractivity contribution in [2.75, 3.05) is 0 Å². The zero-order valence-electron chi connectivity index (χ0n) is 12.4. The van der Waals surface area contributed by atoms with Crippen LogP contribution in [0.2, 0.25) is 0 Å². The highest BCUT2D eigenvalue weighted by molar-refractivity contribution is 6.61. The number of rotatable bonds is 4. The third kappa shape index (κ3) is 3.01. The van der Waals surface area contributed by atoms with Crippen molar-refractivity contribution in [2.24, 2.45) is 0 Å². The molecule has 0 radical (unpaired) electrons. The van der Waals surface area contributed by atoms with Gasteiger partial charge in [0.25, 0.3) is 0 Å². The highest BCUT2D eigenvalue weighted by Crippen LogP contribution is 2.36. The molecule has 0 spiro atoms. The van der Waals surface area contributed by atoms with E-state index in [2.05, 4.69) is 5.10 Å². The van der Waals surface area contributed by atoms with Gasteiger partial charge in [0.2, 0.25) is 0 Å². The second kappa shape index (κ2) is 4.92. The molecule has 19 heavy (non-hydrogen) atoms. The first-order valence-electron chi connectivity index (χ1n) is 6.77. The van der Waals surface area contributed by atoms with Crippen LogP contribution >= 0.6 is 0 Å². The first-order chi connectivity index (χ1) is 8.71. The molecule has 0 unspecified atom stereocenters. The molecule has 2 rings (SSSR count). The predicted molar refractivity (Wildman–Crippen MR) is 74.2 cm³/mol. The van der Waals surface area contributed by atoms with Gasteiger partial charge in [-0.05, 0) is 41.0 Å². The summed E-state index contributed by atoms with van der Waals surface area (Å²) < 4.78 is 13.7. The van der Waals surface area contributed by atoms with Gasteiger partial charge >= 0.3 is 7.12 Å². The van der Waals surface area contributed by atoms with E-state index in [9.17, 15) is 5.11 Å². The highest BCUT2D eigenvalue weighted by atomic mass is 16.7. The zero-order chi connectivity index (χ0) is 14.3. The van der Waals surface area contributed by atoms with Crippen molar-refractivity contribution in [1.29, 1.82) is 0 Å². The minimum atomic E-state index is -0.370. The maximum absolute atomic E-state index is 9.28. The molecule has 0 saturated carbocycles. The van der Waals surface area contributed by atoms with Crippen LogP contribution in [0.25, 0.3) is 0 Å². The molecule has 1 aliphatic rings. The molecule has 1 N–H and O–H groups in total. The van der Waals surface area contributed by atoms with Gasteiger partial charge in [-0.2, -0.15) is 5.10 Å². The maximum Gasteiger partial charge on any atom is 0.498 e. The Morgan fingerprint density at radius 3 is 2.42 bits per heavy atom. The number of hydrogen-bond acceptors (Lipinski definition) is 4. The average molecular weight is 266 g/mol. The van der Waals surface area contributed by atoms with E-state index in [1.54, 1.807) is 13.1 Å². The van der Waals surface area contributed by atoms with Crippen molar-refractivity contribution in [3.05, 3.63) is 12.4 Å². The standard InChI is InChI=1S/C13H23BN2O3/c1-10(17)6-7-16-9-11(8-15-16)14-18-12(2,3)13(4,5)19-14/h8-10,17H,6-7H2,1-5H3/t10-/m0/s1. The first-order valence-corrected chi connectivity index (χ1v) is 6.77. The Bertz CT molecular complexity index is 427. The molecule has 0 bridgehead atoms. The Kier molecular flexibility index (Phi) is 3.77. The fourth-order valence-corrected chi connectivity index (χ4v) is 1.92. The normalized spacial score (nSPS) is 22.7. The van der Waals surface area contributed by atoms with Crippen LogP contribution in [0.15, 0.2) is 12.4 Å². The van der Waals surface area contributed by atoms with E-state index in [4.69, 9.17) is 9.31 Å². The Balaban J connectivity index is 2.04. The van der Waals surface area contributed by atoms with Gasteiger partial charge in [0.05, 0.1) is 17.3 Å². The van der Waals surface area contributed by atoms with Gasteiger partial charge in [0, 0.05) is 24.4 Å².